The first-order valence-electron chi connectivity index (χ1n) is 6.77. The molecule has 1 aromatic rings. The molecule has 2 fully saturated rings. The van der Waals surface area contributed by atoms with Gasteiger partial charge in [-0.3, -0.25) is 4.90 Å². The van der Waals surface area contributed by atoms with Crippen LogP contribution in [0.25, 0.3) is 0 Å². The molecule has 6 heteroatoms. The largest absolute Gasteiger partial charge is 0.328 e. The molecule has 2 aliphatic heterocycles. The number of aromatic nitrogens is 2. The van der Waals surface area contributed by atoms with Crippen molar-refractivity contribution >= 4 is 6.01 Å². The first-order chi connectivity index (χ1) is 8.72. The molecule has 18 heavy (non-hydrogen) atoms. The summed E-state index contributed by atoms with van der Waals surface area (Å²) < 4.78 is 5.23. The van der Waals surface area contributed by atoms with Crippen molar-refractivity contribution in [1.82, 2.24) is 15.0 Å². The molecule has 0 radical (unpaired) electrons. The summed E-state index contributed by atoms with van der Waals surface area (Å²) in [6, 6.07) is 1.69. The Kier molecular flexibility index (Phi) is 3.22. The minimum absolute atomic E-state index is 0.400. The van der Waals surface area contributed by atoms with Crippen molar-refractivity contribution in [1.29, 1.82) is 0 Å². The second-order valence-electron chi connectivity index (χ2n) is 5.39. The maximum absolute atomic E-state index is 5.95. The van der Waals surface area contributed by atoms with E-state index in [9.17, 15) is 0 Å². The normalized spacial score (nSPS) is 27.0. The number of anilines is 1. The smallest absolute Gasteiger partial charge is 0.324 e. The van der Waals surface area contributed by atoms with E-state index < -0.39 is 0 Å². The van der Waals surface area contributed by atoms with Gasteiger partial charge in [0.05, 0.1) is 0 Å². The molecule has 1 aromatic heterocycles. The van der Waals surface area contributed by atoms with E-state index in [0.717, 1.165) is 39.0 Å². The van der Waals surface area contributed by atoms with Crippen LogP contribution in [-0.4, -0.2) is 53.3 Å². The zero-order valence-corrected chi connectivity index (χ0v) is 10.9. The standard InChI is InChI=1S/C12H21N5O/c1-9-14-12(18-15-9)17-7-4-11(8-17)16-5-2-10(13)3-6-16/h10-11H,2-8,13H2,1H3. The van der Waals surface area contributed by atoms with E-state index in [4.69, 9.17) is 10.3 Å². The van der Waals surface area contributed by atoms with Gasteiger partial charge in [-0.05, 0) is 39.3 Å². The topological polar surface area (TPSA) is 71.4 Å². The van der Waals surface area contributed by atoms with Crippen molar-refractivity contribution in [2.75, 3.05) is 31.1 Å². The van der Waals surface area contributed by atoms with E-state index in [1.165, 1.54) is 6.42 Å². The lowest BCUT2D eigenvalue weighted by Gasteiger charge is -2.34. The lowest BCUT2D eigenvalue weighted by atomic mass is 10.0. The highest BCUT2D eigenvalue weighted by Gasteiger charge is 2.31. The number of rotatable bonds is 2. The average Bonchev–Trinajstić information content (AvgIpc) is 2.98. The molecule has 0 saturated carbocycles. The average molecular weight is 251 g/mol. The van der Waals surface area contributed by atoms with Gasteiger partial charge in [-0.1, -0.05) is 5.16 Å². The second-order valence-corrected chi connectivity index (χ2v) is 5.39. The van der Waals surface area contributed by atoms with Gasteiger partial charge in [0.1, 0.15) is 0 Å². The van der Waals surface area contributed by atoms with Crippen molar-refractivity contribution in [3.05, 3.63) is 5.82 Å². The SMILES string of the molecule is Cc1noc(N2CCC(N3CCC(N)CC3)C2)n1. The predicted molar refractivity (Wildman–Crippen MR) is 68.4 cm³/mol. The van der Waals surface area contributed by atoms with E-state index in [1.807, 2.05) is 6.92 Å². The number of likely N-dealkylation sites (tertiary alicyclic amines) is 1. The highest BCUT2D eigenvalue weighted by atomic mass is 16.5. The summed E-state index contributed by atoms with van der Waals surface area (Å²) in [4.78, 5) is 9.05. The third kappa shape index (κ3) is 2.35. The fraction of sp³-hybridized carbons (Fsp3) is 0.833. The Bertz CT molecular complexity index is 399. The summed E-state index contributed by atoms with van der Waals surface area (Å²) >= 11 is 0. The molecule has 0 amide bonds. The number of nitrogens with two attached hydrogens (primary N) is 1. The van der Waals surface area contributed by atoms with Crippen LogP contribution in [0.5, 0.6) is 0 Å². The summed E-state index contributed by atoms with van der Waals surface area (Å²) in [5, 5.41) is 3.85. The molecule has 2 saturated heterocycles. The first-order valence-corrected chi connectivity index (χ1v) is 6.77. The lowest BCUT2D eigenvalue weighted by molar-refractivity contribution is 0.163. The molecule has 6 nitrogen and oxygen atoms in total. The van der Waals surface area contributed by atoms with Crippen LogP contribution < -0.4 is 10.6 Å². The van der Waals surface area contributed by atoms with Gasteiger partial charge in [0, 0.05) is 25.2 Å². The van der Waals surface area contributed by atoms with Crippen LogP contribution in [0.15, 0.2) is 4.52 Å². The lowest BCUT2D eigenvalue weighted by Crippen LogP contribution is -2.46. The van der Waals surface area contributed by atoms with Crippen molar-refractivity contribution in [2.45, 2.75) is 38.3 Å². The van der Waals surface area contributed by atoms with E-state index in [1.54, 1.807) is 0 Å². The number of nitrogens with zero attached hydrogens (tertiary/aromatic N) is 4. The molecule has 2 N–H and O–H groups in total. The Balaban J connectivity index is 1.58. The quantitative estimate of drug-likeness (QED) is 0.819. The highest BCUT2D eigenvalue weighted by Crippen LogP contribution is 2.23. The van der Waals surface area contributed by atoms with E-state index in [2.05, 4.69) is 19.9 Å². The second kappa shape index (κ2) is 4.85. The fourth-order valence-corrected chi connectivity index (χ4v) is 2.91. The van der Waals surface area contributed by atoms with Crippen molar-refractivity contribution < 1.29 is 4.52 Å². The van der Waals surface area contributed by atoms with Gasteiger partial charge in [-0.15, -0.1) is 0 Å². The van der Waals surface area contributed by atoms with Crippen molar-refractivity contribution in [3.63, 3.8) is 0 Å². The Hall–Kier alpha value is -1.14. The summed E-state index contributed by atoms with van der Waals surface area (Å²) in [5.41, 5.74) is 5.95. The molecule has 2 aliphatic rings. The van der Waals surface area contributed by atoms with Gasteiger partial charge in [-0.2, -0.15) is 4.98 Å². The highest BCUT2D eigenvalue weighted by molar-refractivity contribution is 5.27. The number of hydrogen-bond acceptors (Lipinski definition) is 6. The van der Waals surface area contributed by atoms with Gasteiger partial charge in [0.2, 0.25) is 0 Å². The predicted octanol–water partition coefficient (Wildman–Crippen LogP) is 0.380. The third-order valence-corrected chi connectivity index (χ3v) is 4.04. The molecule has 3 rings (SSSR count). The number of piperidine rings is 1. The van der Waals surface area contributed by atoms with Gasteiger partial charge in [-0.25, -0.2) is 0 Å². The summed E-state index contributed by atoms with van der Waals surface area (Å²) in [6.07, 6.45) is 3.42. The molecular weight excluding hydrogens is 230 g/mol. The molecule has 0 spiro atoms. The zero-order valence-electron chi connectivity index (χ0n) is 10.9. The van der Waals surface area contributed by atoms with Crippen LogP contribution in [0.3, 0.4) is 0 Å². The fourth-order valence-electron chi connectivity index (χ4n) is 2.91. The Morgan fingerprint density at radius 1 is 1.22 bits per heavy atom. The van der Waals surface area contributed by atoms with Crippen LogP contribution in [0.4, 0.5) is 6.01 Å². The Morgan fingerprint density at radius 3 is 2.67 bits per heavy atom. The maximum atomic E-state index is 5.95. The monoisotopic (exact) mass is 251 g/mol. The first kappa shape index (κ1) is 11.9. The van der Waals surface area contributed by atoms with Crippen LogP contribution in [-0.2, 0) is 0 Å². The van der Waals surface area contributed by atoms with Crippen LogP contribution in [0.1, 0.15) is 25.1 Å². The molecule has 0 bridgehead atoms. The van der Waals surface area contributed by atoms with E-state index >= 15 is 0 Å². The van der Waals surface area contributed by atoms with Crippen LogP contribution >= 0.6 is 0 Å². The van der Waals surface area contributed by atoms with Crippen LogP contribution in [0, 0.1) is 6.92 Å². The van der Waals surface area contributed by atoms with Gasteiger partial charge >= 0.3 is 6.01 Å². The molecule has 1 atom stereocenters. The van der Waals surface area contributed by atoms with Crippen LogP contribution in [0.2, 0.25) is 0 Å². The molecular formula is C12H21N5O. The van der Waals surface area contributed by atoms with Crippen molar-refractivity contribution in [3.8, 4) is 0 Å². The summed E-state index contributed by atoms with van der Waals surface area (Å²) in [7, 11) is 0. The minimum atomic E-state index is 0.400. The van der Waals surface area contributed by atoms with Gasteiger partial charge < -0.3 is 15.2 Å². The van der Waals surface area contributed by atoms with E-state index in [0.29, 0.717) is 23.9 Å². The summed E-state index contributed by atoms with van der Waals surface area (Å²) in [5.74, 6) is 0.706. The molecule has 100 valence electrons. The number of hydrogen-bond donors (Lipinski definition) is 1. The minimum Gasteiger partial charge on any atom is -0.328 e. The van der Waals surface area contributed by atoms with Gasteiger partial charge in [0.25, 0.3) is 0 Å². The van der Waals surface area contributed by atoms with Crippen molar-refractivity contribution in [2.24, 2.45) is 5.73 Å². The summed E-state index contributed by atoms with van der Waals surface area (Å²) in [6.45, 7) is 6.11. The molecule has 0 aromatic carbocycles. The number of aryl methyl sites for hydroxylation is 1. The molecule has 0 aliphatic carbocycles. The van der Waals surface area contributed by atoms with E-state index in [-0.39, 0.29) is 0 Å². The Morgan fingerprint density at radius 2 is 2.00 bits per heavy atom. The zero-order chi connectivity index (χ0) is 12.5. The molecule has 1 unspecified atom stereocenters. The maximum Gasteiger partial charge on any atom is 0.324 e. The van der Waals surface area contributed by atoms with Gasteiger partial charge in [0.15, 0.2) is 5.82 Å². The molecule has 3 heterocycles. The third-order valence-electron chi connectivity index (χ3n) is 4.04. The Labute approximate surface area is 107 Å².